The lowest BCUT2D eigenvalue weighted by Crippen LogP contribution is -2.43. The third kappa shape index (κ3) is 2.61. The number of ether oxygens (including phenoxy) is 1. The Morgan fingerprint density at radius 1 is 1.08 bits per heavy atom. The summed E-state index contributed by atoms with van der Waals surface area (Å²) in [5.41, 5.74) is 3.09. The Kier molecular flexibility index (Phi) is 3.52. The van der Waals surface area contributed by atoms with Gasteiger partial charge >= 0.3 is 0 Å². The van der Waals surface area contributed by atoms with Crippen LogP contribution in [0.4, 0.5) is 4.39 Å². The van der Waals surface area contributed by atoms with Gasteiger partial charge in [0.2, 0.25) is 0 Å². The maximum Gasteiger partial charge on any atom is 0.140 e. The Bertz CT molecular complexity index is 966. The molecule has 0 radical (unpaired) electrons. The second-order valence-corrected chi connectivity index (χ2v) is 7.15. The van der Waals surface area contributed by atoms with Crippen LogP contribution in [0.1, 0.15) is 12.8 Å². The van der Waals surface area contributed by atoms with Gasteiger partial charge in [-0.2, -0.15) is 0 Å². The summed E-state index contributed by atoms with van der Waals surface area (Å²) in [5, 5.41) is 2.36. The molecule has 0 saturated carbocycles. The number of rotatable bonds is 3. The van der Waals surface area contributed by atoms with E-state index in [0.29, 0.717) is 11.7 Å². The lowest BCUT2D eigenvalue weighted by atomic mass is 9.83. The van der Waals surface area contributed by atoms with Crippen molar-refractivity contribution < 1.29 is 9.13 Å². The van der Waals surface area contributed by atoms with Crippen molar-refractivity contribution in [1.82, 2.24) is 9.88 Å². The molecule has 3 nitrogen and oxygen atoms in total. The second-order valence-electron chi connectivity index (χ2n) is 7.15. The number of aromatic nitrogens is 1. The lowest BCUT2D eigenvalue weighted by Gasteiger charge is -2.41. The van der Waals surface area contributed by atoms with Gasteiger partial charge in [-0.25, -0.2) is 4.39 Å². The molecule has 3 saturated heterocycles. The first-order chi connectivity index (χ1) is 12.3. The highest BCUT2D eigenvalue weighted by Crippen LogP contribution is 2.34. The Hall–Kier alpha value is -2.33. The van der Waals surface area contributed by atoms with E-state index in [2.05, 4.69) is 22.0 Å². The molecule has 0 aliphatic carbocycles. The number of nitrogens with one attached hydrogen (secondary N) is 1. The number of halogens is 1. The number of aromatic amines is 1. The van der Waals surface area contributed by atoms with E-state index in [9.17, 15) is 4.39 Å². The molecule has 1 aromatic heterocycles. The number of hydrogen-bond donors (Lipinski definition) is 1. The van der Waals surface area contributed by atoms with Crippen LogP contribution in [0.15, 0.2) is 53.9 Å². The molecular weight excluding hydrogens is 315 g/mol. The zero-order valence-corrected chi connectivity index (χ0v) is 14.1. The van der Waals surface area contributed by atoms with Gasteiger partial charge in [0.05, 0.1) is 5.52 Å². The number of hydrogen-bond acceptors (Lipinski definition) is 2. The van der Waals surface area contributed by atoms with E-state index >= 15 is 0 Å². The summed E-state index contributed by atoms with van der Waals surface area (Å²) < 4.78 is 20.4. The topological polar surface area (TPSA) is 28.3 Å². The second kappa shape index (κ2) is 5.88. The molecule has 3 aromatic rings. The molecule has 3 fully saturated rings. The third-order valence-corrected chi connectivity index (χ3v) is 5.67. The summed E-state index contributed by atoms with van der Waals surface area (Å²) in [5.74, 6) is 1.05. The van der Waals surface area contributed by atoms with Crippen LogP contribution in [0.3, 0.4) is 0 Å². The monoisotopic (exact) mass is 336 g/mol. The predicted molar refractivity (Wildman–Crippen MR) is 98.6 cm³/mol. The molecule has 2 bridgehead atoms. The van der Waals surface area contributed by atoms with Gasteiger partial charge in [0.25, 0.3) is 0 Å². The van der Waals surface area contributed by atoms with E-state index in [4.69, 9.17) is 4.74 Å². The molecule has 0 atom stereocenters. The van der Waals surface area contributed by atoms with Gasteiger partial charge < -0.3 is 9.72 Å². The third-order valence-electron chi connectivity index (χ3n) is 5.67. The first kappa shape index (κ1) is 15.0. The van der Waals surface area contributed by atoms with Crippen molar-refractivity contribution in [1.29, 1.82) is 0 Å². The van der Waals surface area contributed by atoms with E-state index in [1.54, 1.807) is 0 Å². The van der Waals surface area contributed by atoms with Crippen molar-refractivity contribution in [3.63, 3.8) is 0 Å². The van der Waals surface area contributed by atoms with Crippen molar-refractivity contribution in [2.45, 2.75) is 12.8 Å². The molecule has 0 unspecified atom stereocenters. The van der Waals surface area contributed by atoms with Crippen molar-refractivity contribution in [3.8, 4) is 5.75 Å². The average Bonchev–Trinajstić information content (AvgIpc) is 3.04. The smallest absolute Gasteiger partial charge is 0.140 e. The number of H-pyrrole nitrogens is 1. The fourth-order valence-corrected chi connectivity index (χ4v) is 4.28. The van der Waals surface area contributed by atoms with Crippen molar-refractivity contribution in [2.75, 3.05) is 26.2 Å². The fourth-order valence-electron chi connectivity index (χ4n) is 4.28. The summed E-state index contributed by atoms with van der Waals surface area (Å²) >= 11 is 0. The fraction of sp³-hybridized carbons (Fsp3) is 0.333. The van der Waals surface area contributed by atoms with Crippen LogP contribution in [-0.4, -0.2) is 36.1 Å². The highest BCUT2D eigenvalue weighted by atomic mass is 19.1. The number of nitrogens with zero attached hydrogens (tertiary/aromatic N) is 1. The Morgan fingerprint density at radius 2 is 1.88 bits per heavy atom. The molecule has 0 amide bonds. The quantitative estimate of drug-likeness (QED) is 0.754. The molecule has 3 aliphatic heterocycles. The number of benzene rings is 2. The zero-order valence-electron chi connectivity index (χ0n) is 14.1. The van der Waals surface area contributed by atoms with Gasteiger partial charge in [-0.1, -0.05) is 18.2 Å². The van der Waals surface area contributed by atoms with Crippen LogP contribution in [0, 0.1) is 5.92 Å². The van der Waals surface area contributed by atoms with Gasteiger partial charge in [0, 0.05) is 28.9 Å². The van der Waals surface area contributed by atoms with E-state index in [-0.39, 0.29) is 12.4 Å². The van der Waals surface area contributed by atoms with E-state index in [0.717, 1.165) is 49.1 Å². The number of para-hydroxylation sites is 1. The van der Waals surface area contributed by atoms with E-state index in [1.807, 2.05) is 30.3 Å². The highest BCUT2D eigenvalue weighted by molar-refractivity contribution is 6.07. The lowest BCUT2D eigenvalue weighted by molar-refractivity contribution is 0.154. The number of piperidine rings is 3. The summed E-state index contributed by atoms with van der Waals surface area (Å²) in [6.45, 7) is 3.03. The minimum atomic E-state index is -0.0776. The predicted octanol–water partition coefficient (Wildman–Crippen LogP) is 4.65. The van der Waals surface area contributed by atoms with Crippen molar-refractivity contribution in [2.24, 2.45) is 5.92 Å². The van der Waals surface area contributed by atoms with Crippen LogP contribution in [-0.2, 0) is 0 Å². The molecule has 0 spiro atoms. The van der Waals surface area contributed by atoms with Crippen LogP contribution >= 0.6 is 0 Å². The maximum absolute atomic E-state index is 14.6. The van der Waals surface area contributed by atoms with Crippen molar-refractivity contribution in [3.05, 3.63) is 53.9 Å². The number of fused-ring (bicyclic) bond motifs is 6. The van der Waals surface area contributed by atoms with Gasteiger partial charge in [0.1, 0.15) is 18.2 Å². The summed E-state index contributed by atoms with van der Waals surface area (Å²) in [7, 11) is 0. The van der Waals surface area contributed by atoms with Crippen molar-refractivity contribution >= 4 is 21.8 Å². The molecule has 6 rings (SSSR count). The Labute approximate surface area is 146 Å². The standard InChI is InChI=1S/C21H21FN2O/c22-19(18-12-24-9-7-14(18)8-10-24)13-25-15-5-6-17-16-3-1-2-4-20(16)23-21(17)11-15/h1-6,11,14,23H,7-10,12-13H2. The van der Waals surface area contributed by atoms with Gasteiger partial charge in [-0.3, -0.25) is 4.90 Å². The summed E-state index contributed by atoms with van der Waals surface area (Å²) in [4.78, 5) is 5.74. The maximum atomic E-state index is 14.6. The van der Waals surface area contributed by atoms with Gasteiger partial charge in [0.15, 0.2) is 0 Å². The minimum Gasteiger partial charge on any atom is -0.486 e. The Morgan fingerprint density at radius 3 is 2.68 bits per heavy atom. The molecule has 1 N–H and O–H groups in total. The molecular formula is C21H21FN2O. The SMILES string of the molecule is FC(COc1ccc2c(c1)[nH]c1ccccc12)=C1CN2CCC1CC2. The Balaban J connectivity index is 1.38. The van der Waals surface area contributed by atoms with Crippen LogP contribution in [0.5, 0.6) is 5.75 Å². The van der Waals surface area contributed by atoms with Gasteiger partial charge in [-0.15, -0.1) is 0 Å². The molecule has 2 aromatic carbocycles. The first-order valence-corrected chi connectivity index (χ1v) is 9.01. The summed E-state index contributed by atoms with van der Waals surface area (Å²) in [6, 6.07) is 14.2. The van der Waals surface area contributed by atoms with E-state index in [1.165, 1.54) is 10.8 Å². The van der Waals surface area contributed by atoms with Crippen LogP contribution < -0.4 is 4.74 Å². The molecule has 4 heteroatoms. The first-order valence-electron chi connectivity index (χ1n) is 9.01. The normalized spacial score (nSPS) is 24.8. The zero-order chi connectivity index (χ0) is 16.8. The molecule has 25 heavy (non-hydrogen) atoms. The summed E-state index contributed by atoms with van der Waals surface area (Å²) in [6.07, 6.45) is 2.17. The minimum absolute atomic E-state index is 0.0331. The molecule has 3 aliphatic rings. The van der Waals surface area contributed by atoms with Crippen LogP contribution in [0.2, 0.25) is 0 Å². The molecule has 4 heterocycles. The molecule has 128 valence electrons. The largest absolute Gasteiger partial charge is 0.486 e. The van der Waals surface area contributed by atoms with Gasteiger partial charge in [-0.05, 0) is 55.6 Å². The highest BCUT2D eigenvalue weighted by Gasteiger charge is 2.31. The average molecular weight is 336 g/mol. The van der Waals surface area contributed by atoms with Crippen LogP contribution in [0.25, 0.3) is 21.8 Å². The van der Waals surface area contributed by atoms with E-state index < -0.39 is 0 Å².